The monoisotopic (exact) mass is 492 g/mol. The summed E-state index contributed by atoms with van der Waals surface area (Å²) in [6.07, 6.45) is 9.24. The Morgan fingerprint density at radius 2 is 0.892 bits per heavy atom. The van der Waals surface area contributed by atoms with Crippen molar-refractivity contribution in [1.82, 2.24) is 0 Å². The molecule has 0 saturated heterocycles. The minimum Gasteiger partial charge on any atom is -0.507 e. The molecule has 0 atom stereocenters. The first kappa shape index (κ1) is 26.5. The van der Waals surface area contributed by atoms with Gasteiger partial charge in [0.25, 0.3) is 0 Å². The molecule has 0 radical (unpaired) electrons. The van der Waals surface area contributed by atoms with Crippen LogP contribution in [0.1, 0.15) is 68.2 Å². The molecule has 2 heteroatoms. The molecule has 0 aliphatic rings. The number of hydrogen-bond donors (Lipinski definition) is 2. The Balaban J connectivity index is 1.42. The lowest BCUT2D eigenvalue weighted by Gasteiger charge is -2.14. The summed E-state index contributed by atoms with van der Waals surface area (Å²) in [5.74, 6) is 0.863. The number of phenolic OH excluding ortho intramolecular Hbond substituents is 2. The first-order valence-electron chi connectivity index (χ1n) is 13.9. The highest BCUT2D eigenvalue weighted by molar-refractivity contribution is 5.73. The molecule has 0 heterocycles. The lowest BCUT2D eigenvalue weighted by Crippen LogP contribution is -1.96. The molecule has 2 nitrogen and oxygen atoms in total. The van der Waals surface area contributed by atoms with Crippen LogP contribution in [-0.2, 0) is 25.7 Å². The standard InChI is InChI=1S/C35H40O2/c1-3-14-30-22-26(24-32(34(30)36)28-18-10-6-11-19-28)16-8-5-9-17-27-23-31(15-4-2)35(37)33(25-27)29-20-12-7-13-21-29/h6-7,10-13,18-25,36-37H,3-5,8-9,14-17H2,1-2H3. The molecular weight excluding hydrogens is 452 g/mol. The van der Waals surface area contributed by atoms with Crippen LogP contribution >= 0.6 is 0 Å². The molecule has 0 bridgehead atoms. The molecule has 0 aromatic heterocycles. The second-order valence-electron chi connectivity index (χ2n) is 10.1. The van der Waals surface area contributed by atoms with E-state index in [2.05, 4.69) is 62.4 Å². The van der Waals surface area contributed by atoms with Gasteiger partial charge in [0.05, 0.1) is 0 Å². The molecule has 0 unspecified atom stereocenters. The van der Waals surface area contributed by atoms with E-state index in [4.69, 9.17) is 0 Å². The average Bonchev–Trinajstić information content (AvgIpc) is 2.93. The summed E-state index contributed by atoms with van der Waals surface area (Å²) >= 11 is 0. The third-order valence-electron chi connectivity index (χ3n) is 7.14. The summed E-state index contributed by atoms with van der Waals surface area (Å²) in [4.78, 5) is 0. The Kier molecular flexibility index (Phi) is 9.43. The Morgan fingerprint density at radius 3 is 1.27 bits per heavy atom. The van der Waals surface area contributed by atoms with Gasteiger partial charge in [0.2, 0.25) is 0 Å². The van der Waals surface area contributed by atoms with E-state index in [1.54, 1.807) is 0 Å². The van der Waals surface area contributed by atoms with Gasteiger partial charge in [0.15, 0.2) is 0 Å². The van der Waals surface area contributed by atoms with Crippen LogP contribution < -0.4 is 0 Å². The van der Waals surface area contributed by atoms with Gasteiger partial charge < -0.3 is 10.2 Å². The number of phenols is 2. The maximum atomic E-state index is 10.9. The smallest absolute Gasteiger partial charge is 0.126 e. The molecule has 0 saturated carbocycles. The average molecular weight is 493 g/mol. The molecule has 0 spiro atoms. The summed E-state index contributed by atoms with van der Waals surface area (Å²) in [6, 6.07) is 29.2. The number of rotatable bonds is 12. The van der Waals surface area contributed by atoms with Gasteiger partial charge in [-0.05, 0) is 84.0 Å². The van der Waals surface area contributed by atoms with Crippen LogP contribution in [0, 0.1) is 0 Å². The Morgan fingerprint density at radius 1 is 0.486 bits per heavy atom. The molecular formula is C35H40O2. The highest BCUT2D eigenvalue weighted by atomic mass is 16.3. The van der Waals surface area contributed by atoms with Crippen molar-refractivity contribution < 1.29 is 10.2 Å². The topological polar surface area (TPSA) is 40.5 Å². The number of aromatic hydroxyl groups is 2. The van der Waals surface area contributed by atoms with Crippen molar-refractivity contribution in [3.8, 4) is 33.8 Å². The highest BCUT2D eigenvalue weighted by Crippen LogP contribution is 2.36. The third-order valence-corrected chi connectivity index (χ3v) is 7.14. The maximum Gasteiger partial charge on any atom is 0.126 e. The van der Waals surface area contributed by atoms with Crippen molar-refractivity contribution in [2.45, 2.75) is 71.6 Å². The summed E-state index contributed by atoms with van der Waals surface area (Å²) in [5.41, 5.74) is 8.76. The first-order valence-corrected chi connectivity index (χ1v) is 13.9. The molecule has 4 aromatic carbocycles. The zero-order valence-corrected chi connectivity index (χ0v) is 22.3. The maximum absolute atomic E-state index is 10.9. The van der Waals surface area contributed by atoms with Crippen LogP contribution in [0.4, 0.5) is 0 Å². The van der Waals surface area contributed by atoms with E-state index in [-0.39, 0.29) is 0 Å². The molecule has 4 rings (SSSR count). The number of hydrogen-bond acceptors (Lipinski definition) is 2. The van der Waals surface area contributed by atoms with Crippen molar-refractivity contribution in [1.29, 1.82) is 0 Å². The van der Waals surface area contributed by atoms with Gasteiger partial charge in [-0.3, -0.25) is 0 Å². The van der Waals surface area contributed by atoms with Gasteiger partial charge in [0, 0.05) is 11.1 Å². The van der Waals surface area contributed by atoms with Gasteiger partial charge in [-0.1, -0.05) is 106 Å². The van der Waals surface area contributed by atoms with E-state index in [1.165, 1.54) is 11.1 Å². The molecule has 2 N–H and O–H groups in total. The number of benzene rings is 4. The summed E-state index contributed by atoms with van der Waals surface area (Å²) in [6.45, 7) is 4.32. The lowest BCUT2D eigenvalue weighted by molar-refractivity contribution is 0.469. The fourth-order valence-electron chi connectivity index (χ4n) is 5.24. The van der Waals surface area contributed by atoms with E-state index in [1.807, 2.05) is 36.4 Å². The molecule has 37 heavy (non-hydrogen) atoms. The van der Waals surface area contributed by atoms with Crippen molar-refractivity contribution in [2.24, 2.45) is 0 Å². The predicted molar refractivity (Wildman–Crippen MR) is 156 cm³/mol. The van der Waals surface area contributed by atoms with Gasteiger partial charge in [-0.2, -0.15) is 0 Å². The van der Waals surface area contributed by atoms with Gasteiger partial charge in [-0.15, -0.1) is 0 Å². The van der Waals surface area contributed by atoms with Crippen molar-refractivity contribution in [3.05, 3.63) is 107 Å². The molecule has 0 aliphatic carbocycles. The third kappa shape index (κ3) is 6.83. The van der Waals surface area contributed by atoms with E-state index in [0.717, 1.165) is 91.2 Å². The SMILES string of the molecule is CCCc1cc(CCCCCc2cc(CCC)c(O)c(-c3ccccc3)c2)cc(-c2ccccc2)c1O. The first-order chi connectivity index (χ1) is 18.1. The molecule has 0 amide bonds. The second kappa shape index (κ2) is 13.1. The molecule has 4 aromatic rings. The Hall–Kier alpha value is -3.52. The van der Waals surface area contributed by atoms with E-state index in [0.29, 0.717) is 11.5 Å². The molecule has 192 valence electrons. The zero-order chi connectivity index (χ0) is 26.0. The normalized spacial score (nSPS) is 11.1. The van der Waals surface area contributed by atoms with Crippen LogP contribution in [-0.4, -0.2) is 10.2 Å². The summed E-state index contributed by atoms with van der Waals surface area (Å²) in [5, 5.41) is 21.8. The quantitative estimate of drug-likeness (QED) is 0.193. The fourth-order valence-corrected chi connectivity index (χ4v) is 5.24. The van der Waals surface area contributed by atoms with Gasteiger partial charge in [-0.25, -0.2) is 0 Å². The van der Waals surface area contributed by atoms with Gasteiger partial charge in [0.1, 0.15) is 11.5 Å². The number of aryl methyl sites for hydroxylation is 4. The van der Waals surface area contributed by atoms with Crippen LogP contribution in [0.3, 0.4) is 0 Å². The Labute approximate surface area is 222 Å². The largest absolute Gasteiger partial charge is 0.507 e. The number of unbranched alkanes of at least 4 members (excludes halogenated alkanes) is 2. The fraction of sp³-hybridized carbons (Fsp3) is 0.314. The predicted octanol–water partition coefficient (Wildman–Crippen LogP) is 9.29. The molecule has 0 aliphatic heterocycles. The van der Waals surface area contributed by atoms with Crippen LogP contribution in [0.2, 0.25) is 0 Å². The summed E-state index contributed by atoms with van der Waals surface area (Å²) < 4.78 is 0. The van der Waals surface area contributed by atoms with Crippen LogP contribution in [0.25, 0.3) is 22.3 Å². The second-order valence-corrected chi connectivity index (χ2v) is 10.1. The van der Waals surface area contributed by atoms with Gasteiger partial charge >= 0.3 is 0 Å². The molecule has 0 fully saturated rings. The zero-order valence-electron chi connectivity index (χ0n) is 22.3. The van der Waals surface area contributed by atoms with E-state index < -0.39 is 0 Å². The lowest BCUT2D eigenvalue weighted by atomic mass is 9.93. The van der Waals surface area contributed by atoms with E-state index in [9.17, 15) is 10.2 Å². The summed E-state index contributed by atoms with van der Waals surface area (Å²) in [7, 11) is 0. The van der Waals surface area contributed by atoms with Crippen LogP contribution in [0.5, 0.6) is 11.5 Å². The minimum atomic E-state index is 0.432. The van der Waals surface area contributed by atoms with Crippen molar-refractivity contribution in [3.63, 3.8) is 0 Å². The van der Waals surface area contributed by atoms with Crippen LogP contribution in [0.15, 0.2) is 84.9 Å². The Bertz CT molecular complexity index is 1170. The van der Waals surface area contributed by atoms with Crippen molar-refractivity contribution in [2.75, 3.05) is 0 Å². The minimum absolute atomic E-state index is 0.432. The van der Waals surface area contributed by atoms with E-state index >= 15 is 0 Å². The van der Waals surface area contributed by atoms with Crippen molar-refractivity contribution >= 4 is 0 Å². The highest BCUT2D eigenvalue weighted by Gasteiger charge is 2.13.